The zero-order valence-electron chi connectivity index (χ0n) is 25.1. The van der Waals surface area contributed by atoms with E-state index in [0.29, 0.717) is 41.7 Å². The zero-order chi connectivity index (χ0) is 29.8. The van der Waals surface area contributed by atoms with Crippen LogP contribution in [0.25, 0.3) is 33.6 Å². The number of carbonyl (C=O) groups excluding carboxylic acids is 2. The minimum atomic E-state index is -0.378. The summed E-state index contributed by atoms with van der Waals surface area (Å²) in [4.78, 5) is 39.9. The van der Waals surface area contributed by atoms with Crippen molar-refractivity contribution in [2.24, 2.45) is 18.7 Å². The first kappa shape index (κ1) is 27.7. The summed E-state index contributed by atoms with van der Waals surface area (Å²) in [5.41, 5.74) is 9.99. The molecule has 0 spiro atoms. The van der Waals surface area contributed by atoms with Crippen LogP contribution in [0.1, 0.15) is 55.3 Å². The molecule has 1 aromatic carbocycles. The van der Waals surface area contributed by atoms with Gasteiger partial charge in [0.1, 0.15) is 22.7 Å². The number of nitrogens with two attached hydrogens (primary N) is 1. The summed E-state index contributed by atoms with van der Waals surface area (Å²) in [7, 11) is 5.02. The van der Waals surface area contributed by atoms with Crippen molar-refractivity contribution in [3.8, 4) is 17.3 Å². The predicted molar refractivity (Wildman–Crippen MR) is 164 cm³/mol. The molecule has 2 aliphatic carbocycles. The number of likely N-dealkylation sites (tertiary alicyclic amines) is 1. The van der Waals surface area contributed by atoms with Crippen molar-refractivity contribution in [3.63, 3.8) is 0 Å². The second-order valence-corrected chi connectivity index (χ2v) is 12.3. The smallest absolute Gasteiger partial charge is 0.415 e. The number of pyridine rings is 1. The van der Waals surface area contributed by atoms with Gasteiger partial charge < -0.3 is 29.2 Å². The number of aromatic nitrogens is 4. The van der Waals surface area contributed by atoms with Crippen LogP contribution in [0.15, 0.2) is 30.3 Å². The summed E-state index contributed by atoms with van der Waals surface area (Å²) < 4.78 is 15.2. The van der Waals surface area contributed by atoms with Gasteiger partial charge in [0.2, 0.25) is 0 Å². The maximum Gasteiger partial charge on any atom is 0.415 e. The van der Waals surface area contributed by atoms with Gasteiger partial charge in [0.25, 0.3) is 5.91 Å². The van der Waals surface area contributed by atoms with E-state index in [9.17, 15) is 9.59 Å². The molecule has 2 amide bonds. The van der Waals surface area contributed by atoms with Crippen LogP contribution in [0.3, 0.4) is 0 Å². The molecular weight excluding hydrogens is 546 g/mol. The monoisotopic (exact) mass is 585 g/mol. The van der Waals surface area contributed by atoms with Crippen molar-refractivity contribution in [2.45, 2.75) is 63.6 Å². The number of benzene rings is 1. The molecule has 3 aromatic heterocycles. The van der Waals surface area contributed by atoms with Crippen LogP contribution in [0.4, 0.5) is 10.6 Å². The van der Waals surface area contributed by atoms with Crippen molar-refractivity contribution in [1.82, 2.24) is 24.0 Å². The summed E-state index contributed by atoms with van der Waals surface area (Å²) >= 11 is 0. The average molecular weight is 586 g/mol. The molecule has 0 bridgehead atoms. The lowest BCUT2D eigenvalue weighted by atomic mass is 9.92. The predicted octanol–water partition coefficient (Wildman–Crippen LogP) is 4.70. The standard InChI is InChI=1S/C32H39N7O4/c1-36-28-24(14-21(16-26(28)42-2)31(40)37-13-5-6-22(33)18-37)34-30(36)25-15-20-11-12-27(35-29(20)38(25)17-19-9-10-19)39(32(41)43-3)23-7-4-8-23/h11-12,14-16,19,22-23H,4-10,13,17-18,33H2,1-3H3/t22-/m1/s1. The molecule has 7 rings (SSSR count). The summed E-state index contributed by atoms with van der Waals surface area (Å²) in [6.45, 7) is 2.07. The Morgan fingerprint density at radius 3 is 2.53 bits per heavy atom. The summed E-state index contributed by atoms with van der Waals surface area (Å²) in [6, 6.07) is 9.84. The lowest BCUT2D eigenvalue weighted by Crippen LogP contribution is -2.45. The molecular formula is C32H39N7O4. The van der Waals surface area contributed by atoms with Gasteiger partial charge in [0.05, 0.1) is 25.4 Å². The van der Waals surface area contributed by atoms with E-state index in [1.807, 2.05) is 40.8 Å². The van der Waals surface area contributed by atoms with E-state index in [1.54, 1.807) is 12.0 Å². The Bertz CT molecular complexity index is 1720. The molecule has 1 aliphatic heterocycles. The topological polar surface area (TPSA) is 121 Å². The van der Waals surface area contributed by atoms with Gasteiger partial charge in [-0.05, 0) is 81.2 Å². The average Bonchev–Trinajstić information content (AvgIpc) is 3.66. The van der Waals surface area contributed by atoms with Gasteiger partial charge in [-0.1, -0.05) is 0 Å². The Balaban J connectivity index is 1.33. The first-order valence-electron chi connectivity index (χ1n) is 15.3. The van der Waals surface area contributed by atoms with Crippen LogP contribution in [0.2, 0.25) is 0 Å². The number of rotatable bonds is 7. The van der Waals surface area contributed by atoms with E-state index in [-0.39, 0.29) is 24.1 Å². The number of methoxy groups -OCH3 is 2. The van der Waals surface area contributed by atoms with Gasteiger partial charge in [-0.2, -0.15) is 0 Å². The molecule has 2 N–H and O–H groups in total. The van der Waals surface area contributed by atoms with E-state index < -0.39 is 0 Å². The van der Waals surface area contributed by atoms with E-state index in [4.69, 9.17) is 25.2 Å². The number of anilines is 1. The van der Waals surface area contributed by atoms with Gasteiger partial charge in [-0.25, -0.2) is 14.8 Å². The quantitative estimate of drug-likeness (QED) is 0.334. The third kappa shape index (κ3) is 4.89. The number of hydrogen-bond donors (Lipinski definition) is 1. The van der Waals surface area contributed by atoms with E-state index in [2.05, 4.69) is 10.6 Å². The molecule has 4 aromatic rings. The number of fused-ring (bicyclic) bond motifs is 2. The molecule has 11 heteroatoms. The molecule has 4 heterocycles. The molecule has 2 saturated carbocycles. The molecule has 3 aliphatic rings. The second-order valence-electron chi connectivity index (χ2n) is 12.3. The Hall–Kier alpha value is -4.12. The summed E-state index contributed by atoms with van der Waals surface area (Å²) in [5, 5.41) is 0.981. The zero-order valence-corrected chi connectivity index (χ0v) is 25.1. The number of ether oxygens (including phenoxy) is 2. The number of nitrogens with zero attached hydrogens (tertiary/aromatic N) is 6. The van der Waals surface area contributed by atoms with Gasteiger partial charge >= 0.3 is 6.09 Å². The Labute approximate surface area is 250 Å². The first-order valence-corrected chi connectivity index (χ1v) is 15.3. The minimum absolute atomic E-state index is 0.000657. The SMILES string of the molecule is COC(=O)N(c1ccc2cc(-c3nc4cc(C(=O)N5CCC[C@@H](N)C5)cc(OC)c4n3C)n(CC3CC3)c2n1)C1CCC1. The fraction of sp³-hybridized carbons (Fsp3) is 0.500. The van der Waals surface area contributed by atoms with Crippen LogP contribution < -0.4 is 15.4 Å². The third-order valence-electron chi connectivity index (χ3n) is 9.30. The van der Waals surface area contributed by atoms with E-state index in [1.165, 1.54) is 20.0 Å². The van der Waals surface area contributed by atoms with Crippen LogP contribution in [-0.4, -0.2) is 75.4 Å². The first-order chi connectivity index (χ1) is 20.9. The maximum absolute atomic E-state index is 13.5. The third-order valence-corrected chi connectivity index (χ3v) is 9.30. The fourth-order valence-corrected chi connectivity index (χ4v) is 6.55. The lowest BCUT2D eigenvalue weighted by Gasteiger charge is -2.35. The van der Waals surface area contributed by atoms with Crippen molar-refractivity contribution < 1.29 is 19.1 Å². The van der Waals surface area contributed by atoms with Crippen molar-refractivity contribution in [3.05, 3.63) is 35.9 Å². The van der Waals surface area contributed by atoms with Gasteiger partial charge in [0, 0.05) is 49.7 Å². The second kappa shape index (κ2) is 10.9. The highest BCUT2D eigenvalue weighted by atomic mass is 16.5. The molecule has 43 heavy (non-hydrogen) atoms. The molecule has 0 unspecified atom stereocenters. The van der Waals surface area contributed by atoms with Crippen LogP contribution in [0.5, 0.6) is 5.75 Å². The van der Waals surface area contributed by atoms with Crippen molar-refractivity contribution in [2.75, 3.05) is 32.2 Å². The summed E-state index contributed by atoms with van der Waals surface area (Å²) in [5.74, 6) is 2.50. The molecule has 3 fully saturated rings. The number of piperidine rings is 1. The van der Waals surface area contributed by atoms with Crippen LogP contribution >= 0.6 is 0 Å². The highest BCUT2D eigenvalue weighted by Crippen LogP contribution is 2.39. The normalized spacial score (nSPS) is 19.1. The van der Waals surface area contributed by atoms with Gasteiger partial charge in [-0.3, -0.25) is 9.69 Å². The fourth-order valence-electron chi connectivity index (χ4n) is 6.55. The van der Waals surface area contributed by atoms with Gasteiger partial charge in [0.15, 0.2) is 5.82 Å². The Morgan fingerprint density at radius 1 is 1.05 bits per heavy atom. The number of amides is 2. The Kier molecular flexibility index (Phi) is 6.99. The molecule has 1 atom stereocenters. The molecule has 11 nitrogen and oxygen atoms in total. The summed E-state index contributed by atoms with van der Waals surface area (Å²) in [6.07, 6.45) is 6.80. The number of carbonyl (C=O) groups is 2. The molecule has 1 saturated heterocycles. The number of aryl methyl sites for hydroxylation is 1. The maximum atomic E-state index is 13.5. The largest absolute Gasteiger partial charge is 0.494 e. The van der Waals surface area contributed by atoms with Gasteiger partial charge in [-0.15, -0.1) is 0 Å². The molecule has 226 valence electrons. The Morgan fingerprint density at radius 2 is 1.86 bits per heavy atom. The highest BCUT2D eigenvalue weighted by Gasteiger charge is 2.33. The van der Waals surface area contributed by atoms with Crippen LogP contribution in [-0.2, 0) is 18.3 Å². The van der Waals surface area contributed by atoms with E-state index in [0.717, 1.165) is 66.7 Å². The van der Waals surface area contributed by atoms with Crippen molar-refractivity contribution in [1.29, 1.82) is 0 Å². The highest BCUT2D eigenvalue weighted by molar-refractivity contribution is 6.00. The lowest BCUT2D eigenvalue weighted by molar-refractivity contribution is 0.0708. The minimum Gasteiger partial charge on any atom is -0.494 e. The number of imidazole rings is 1. The van der Waals surface area contributed by atoms with E-state index >= 15 is 0 Å². The van der Waals surface area contributed by atoms with Crippen molar-refractivity contribution >= 4 is 39.9 Å². The van der Waals surface area contributed by atoms with Crippen LogP contribution in [0, 0.1) is 5.92 Å². The molecule has 0 radical (unpaired) electrons. The number of hydrogen-bond acceptors (Lipinski definition) is 7.